The summed E-state index contributed by atoms with van der Waals surface area (Å²) >= 11 is 0. The molecule has 3 rings (SSSR count). The van der Waals surface area contributed by atoms with Gasteiger partial charge in [0.15, 0.2) is 0 Å². The van der Waals surface area contributed by atoms with E-state index >= 15 is 0 Å². The highest BCUT2D eigenvalue weighted by Crippen LogP contribution is 2.28. The van der Waals surface area contributed by atoms with Gasteiger partial charge in [-0.25, -0.2) is 0 Å². The van der Waals surface area contributed by atoms with E-state index in [9.17, 15) is 14.4 Å². The highest BCUT2D eigenvalue weighted by molar-refractivity contribution is 6.39. The minimum absolute atomic E-state index is 0.0396. The minimum atomic E-state index is -0.782. The van der Waals surface area contributed by atoms with Crippen molar-refractivity contribution in [1.82, 2.24) is 15.2 Å². The van der Waals surface area contributed by atoms with Crippen LogP contribution in [-0.4, -0.2) is 61.5 Å². The number of nitrogens with zero attached hydrogens (tertiary/aromatic N) is 2. The molecule has 1 aliphatic rings. The summed E-state index contributed by atoms with van der Waals surface area (Å²) in [6.07, 6.45) is 4.69. The van der Waals surface area contributed by atoms with Crippen molar-refractivity contribution in [2.45, 2.75) is 12.8 Å². The molecule has 9 heteroatoms. The third-order valence-electron chi connectivity index (χ3n) is 5.22. The van der Waals surface area contributed by atoms with Crippen molar-refractivity contribution in [3.8, 4) is 11.5 Å². The number of rotatable bonds is 6. The van der Waals surface area contributed by atoms with Gasteiger partial charge in [-0.1, -0.05) is 0 Å². The molecule has 0 saturated carbocycles. The van der Waals surface area contributed by atoms with Gasteiger partial charge < -0.3 is 25.0 Å². The number of carbonyl (C=O) groups excluding carboxylic acids is 3. The SMILES string of the molecule is COc1ccc(OC)c(NC(=O)C(=O)NCC2CCN(C(=O)c3cccnc3)CC2)c1. The van der Waals surface area contributed by atoms with Gasteiger partial charge >= 0.3 is 11.8 Å². The van der Waals surface area contributed by atoms with E-state index in [4.69, 9.17) is 9.47 Å². The summed E-state index contributed by atoms with van der Waals surface area (Å²) in [4.78, 5) is 42.8. The minimum Gasteiger partial charge on any atom is -0.497 e. The molecule has 31 heavy (non-hydrogen) atoms. The van der Waals surface area contributed by atoms with Gasteiger partial charge in [-0.2, -0.15) is 0 Å². The van der Waals surface area contributed by atoms with E-state index in [0.717, 1.165) is 12.8 Å². The first-order chi connectivity index (χ1) is 15.0. The van der Waals surface area contributed by atoms with Gasteiger partial charge in [0, 0.05) is 38.1 Å². The average molecular weight is 426 g/mol. The highest BCUT2D eigenvalue weighted by Gasteiger charge is 2.25. The van der Waals surface area contributed by atoms with Crippen LogP contribution in [0.4, 0.5) is 5.69 Å². The first kappa shape index (κ1) is 22.1. The summed E-state index contributed by atoms with van der Waals surface area (Å²) in [5.41, 5.74) is 0.920. The molecule has 9 nitrogen and oxygen atoms in total. The Balaban J connectivity index is 1.46. The Labute approximate surface area is 180 Å². The topological polar surface area (TPSA) is 110 Å². The van der Waals surface area contributed by atoms with Gasteiger partial charge in [-0.15, -0.1) is 0 Å². The first-order valence-electron chi connectivity index (χ1n) is 10.0. The van der Waals surface area contributed by atoms with Crippen LogP contribution < -0.4 is 20.1 Å². The van der Waals surface area contributed by atoms with E-state index in [1.165, 1.54) is 14.2 Å². The molecule has 0 unspecified atom stereocenters. The van der Waals surface area contributed by atoms with Crippen LogP contribution in [0.3, 0.4) is 0 Å². The van der Waals surface area contributed by atoms with Crippen molar-refractivity contribution in [2.75, 3.05) is 39.2 Å². The van der Waals surface area contributed by atoms with Crippen LogP contribution in [0.5, 0.6) is 11.5 Å². The van der Waals surface area contributed by atoms with Crippen LogP contribution in [0, 0.1) is 5.92 Å². The van der Waals surface area contributed by atoms with Crippen LogP contribution in [0.2, 0.25) is 0 Å². The van der Waals surface area contributed by atoms with E-state index in [-0.39, 0.29) is 11.8 Å². The number of amides is 3. The number of likely N-dealkylation sites (tertiary alicyclic amines) is 1. The van der Waals surface area contributed by atoms with Gasteiger partial charge in [-0.05, 0) is 43.0 Å². The Morgan fingerprint density at radius 3 is 2.52 bits per heavy atom. The molecule has 2 N–H and O–H groups in total. The summed E-state index contributed by atoms with van der Waals surface area (Å²) in [6.45, 7) is 1.57. The molecule has 2 heterocycles. The lowest BCUT2D eigenvalue weighted by atomic mass is 9.96. The van der Waals surface area contributed by atoms with Gasteiger partial charge in [0.05, 0.1) is 25.5 Å². The normalized spacial score (nSPS) is 13.9. The molecule has 0 radical (unpaired) electrons. The number of hydrogen-bond acceptors (Lipinski definition) is 6. The second-order valence-electron chi connectivity index (χ2n) is 7.21. The molecule has 0 spiro atoms. The number of methoxy groups -OCH3 is 2. The van der Waals surface area contributed by atoms with Gasteiger partial charge in [0.25, 0.3) is 5.91 Å². The number of hydrogen-bond donors (Lipinski definition) is 2. The van der Waals surface area contributed by atoms with Crippen LogP contribution in [0.15, 0.2) is 42.7 Å². The Bertz CT molecular complexity index is 927. The maximum Gasteiger partial charge on any atom is 0.313 e. The number of aromatic nitrogens is 1. The molecule has 1 aromatic carbocycles. The zero-order valence-electron chi connectivity index (χ0n) is 17.6. The lowest BCUT2D eigenvalue weighted by Crippen LogP contribution is -2.43. The predicted molar refractivity (Wildman–Crippen MR) is 114 cm³/mol. The van der Waals surface area contributed by atoms with Crippen molar-refractivity contribution in [3.63, 3.8) is 0 Å². The van der Waals surface area contributed by atoms with E-state index in [1.54, 1.807) is 47.6 Å². The summed E-state index contributed by atoms with van der Waals surface area (Å²) in [5, 5.41) is 5.23. The number of nitrogens with one attached hydrogen (secondary N) is 2. The van der Waals surface area contributed by atoms with E-state index < -0.39 is 11.8 Å². The Morgan fingerprint density at radius 1 is 1.10 bits per heavy atom. The maximum atomic E-state index is 12.5. The Kier molecular flexibility index (Phi) is 7.42. The highest BCUT2D eigenvalue weighted by atomic mass is 16.5. The fourth-order valence-electron chi connectivity index (χ4n) is 3.42. The number of carbonyl (C=O) groups is 3. The van der Waals surface area contributed by atoms with Crippen molar-refractivity contribution < 1.29 is 23.9 Å². The Hall–Kier alpha value is -3.62. The van der Waals surface area contributed by atoms with Crippen molar-refractivity contribution >= 4 is 23.4 Å². The molecule has 1 fully saturated rings. The fourth-order valence-corrected chi connectivity index (χ4v) is 3.42. The molecule has 2 aromatic rings. The van der Waals surface area contributed by atoms with Crippen LogP contribution in [0.1, 0.15) is 23.2 Å². The smallest absolute Gasteiger partial charge is 0.313 e. The van der Waals surface area contributed by atoms with Crippen molar-refractivity contribution in [1.29, 1.82) is 0 Å². The predicted octanol–water partition coefficient (Wildman–Crippen LogP) is 1.71. The number of pyridine rings is 1. The maximum absolute atomic E-state index is 12.5. The summed E-state index contributed by atoms with van der Waals surface area (Å²) in [7, 11) is 2.98. The molecule has 0 atom stereocenters. The quantitative estimate of drug-likeness (QED) is 0.681. The standard InChI is InChI=1S/C22H26N4O5/c1-30-17-5-6-19(31-2)18(12-17)25-21(28)20(27)24-13-15-7-10-26(11-8-15)22(29)16-4-3-9-23-14-16/h3-6,9,12,14-15H,7-8,10-11,13H2,1-2H3,(H,24,27)(H,25,28). The molecule has 1 aromatic heterocycles. The first-order valence-corrected chi connectivity index (χ1v) is 10.0. The molecular weight excluding hydrogens is 400 g/mol. The second kappa shape index (κ2) is 10.4. The van der Waals surface area contributed by atoms with Gasteiger partial charge in [0.2, 0.25) is 0 Å². The second-order valence-corrected chi connectivity index (χ2v) is 7.21. The fraction of sp³-hybridized carbons (Fsp3) is 0.364. The third-order valence-corrected chi connectivity index (χ3v) is 5.22. The molecule has 1 aliphatic heterocycles. The lowest BCUT2D eigenvalue weighted by Gasteiger charge is -2.32. The molecule has 3 amide bonds. The monoisotopic (exact) mass is 426 g/mol. The van der Waals surface area contributed by atoms with Gasteiger partial charge in [-0.3, -0.25) is 19.4 Å². The van der Waals surface area contributed by atoms with E-state index in [0.29, 0.717) is 42.4 Å². The van der Waals surface area contributed by atoms with Gasteiger partial charge in [0.1, 0.15) is 11.5 Å². The molecule has 164 valence electrons. The summed E-state index contributed by atoms with van der Waals surface area (Å²) in [5.74, 6) is -0.394. The van der Waals surface area contributed by atoms with Crippen molar-refractivity contribution in [3.05, 3.63) is 48.3 Å². The molecule has 1 saturated heterocycles. The molecule has 0 aliphatic carbocycles. The number of anilines is 1. The zero-order chi connectivity index (χ0) is 22.2. The van der Waals surface area contributed by atoms with Crippen molar-refractivity contribution in [2.24, 2.45) is 5.92 Å². The van der Waals surface area contributed by atoms with E-state index in [1.807, 2.05) is 0 Å². The van der Waals surface area contributed by atoms with Crippen LogP contribution in [0.25, 0.3) is 0 Å². The summed E-state index contributed by atoms with van der Waals surface area (Å²) in [6, 6.07) is 8.41. The van der Waals surface area contributed by atoms with E-state index in [2.05, 4.69) is 15.6 Å². The number of benzene rings is 1. The number of piperidine rings is 1. The number of ether oxygens (including phenoxy) is 2. The lowest BCUT2D eigenvalue weighted by molar-refractivity contribution is -0.136. The average Bonchev–Trinajstić information content (AvgIpc) is 2.82. The largest absolute Gasteiger partial charge is 0.497 e. The molecular formula is C22H26N4O5. The third kappa shape index (κ3) is 5.71. The Morgan fingerprint density at radius 2 is 1.87 bits per heavy atom. The zero-order valence-corrected chi connectivity index (χ0v) is 17.6. The van der Waals surface area contributed by atoms with Crippen LogP contribution in [-0.2, 0) is 9.59 Å². The van der Waals surface area contributed by atoms with Crippen LogP contribution >= 0.6 is 0 Å². The molecule has 0 bridgehead atoms. The summed E-state index contributed by atoms with van der Waals surface area (Å²) < 4.78 is 10.3.